The summed E-state index contributed by atoms with van der Waals surface area (Å²) in [5.74, 6) is 0.478. The fourth-order valence-electron chi connectivity index (χ4n) is 5.45. The Balaban J connectivity index is 1.35. The minimum absolute atomic E-state index is 0.00238. The molecule has 1 aromatic heterocycles. The van der Waals surface area contributed by atoms with Gasteiger partial charge < -0.3 is 15.2 Å². The lowest BCUT2D eigenvalue weighted by molar-refractivity contribution is 0.0899. The van der Waals surface area contributed by atoms with Crippen LogP contribution in [0.3, 0.4) is 0 Å². The monoisotopic (exact) mass is 413 g/mol. The Labute approximate surface area is 178 Å². The number of H-pyrrole nitrogens is 1. The molecule has 2 fully saturated rings. The molecule has 1 aromatic rings. The topological polar surface area (TPSA) is 82.3 Å². The normalized spacial score (nSPS) is 23.2. The average molecular weight is 414 g/mol. The zero-order valence-corrected chi connectivity index (χ0v) is 18.4. The molecule has 2 aliphatic carbocycles. The number of carbonyl (C=O) groups is 2. The van der Waals surface area contributed by atoms with Gasteiger partial charge in [-0.15, -0.1) is 0 Å². The second kappa shape index (κ2) is 8.66. The number of fused-ring (bicyclic) bond motifs is 1. The highest BCUT2D eigenvalue weighted by atomic mass is 16.2. The third kappa shape index (κ3) is 4.85. The van der Waals surface area contributed by atoms with E-state index in [9.17, 15) is 14.4 Å². The van der Waals surface area contributed by atoms with E-state index in [4.69, 9.17) is 0 Å². The first-order valence-electron chi connectivity index (χ1n) is 11.6. The molecule has 2 N–H and O–H groups in total. The summed E-state index contributed by atoms with van der Waals surface area (Å²) in [5, 5.41) is 3.04. The SMILES string of the molecule is CC1(C)CC(=O)c2cc(C(=O)NC3CCN(CC4CCCCC4)CC3)c(=O)[nH]c2C1. The van der Waals surface area contributed by atoms with Crippen LogP contribution in [-0.4, -0.2) is 47.3 Å². The molecule has 1 saturated heterocycles. The number of nitrogens with one attached hydrogen (secondary N) is 2. The second-order valence-electron chi connectivity index (χ2n) is 10.4. The molecule has 1 amide bonds. The molecule has 1 aliphatic heterocycles. The van der Waals surface area contributed by atoms with Gasteiger partial charge in [-0.1, -0.05) is 33.1 Å². The van der Waals surface area contributed by atoms with Gasteiger partial charge in [0.1, 0.15) is 5.56 Å². The largest absolute Gasteiger partial charge is 0.349 e. The van der Waals surface area contributed by atoms with E-state index < -0.39 is 5.56 Å². The Morgan fingerprint density at radius 3 is 2.50 bits per heavy atom. The maximum absolute atomic E-state index is 12.8. The van der Waals surface area contributed by atoms with Crippen molar-refractivity contribution in [2.24, 2.45) is 11.3 Å². The van der Waals surface area contributed by atoms with Gasteiger partial charge in [-0.25, -0.2) is 0 Å². The number of piperidine rings is 1. The summed E-state index contributed by atoms with van der Waals surface area (Å²) in [7, 11) is 0. The molecule has 1 saturated carbocycles. The molecule has 3 aliphatic rings. The van der Waals surface area contributed by atoms with Crippen LogP contribution in [0.15, 0.2) is 10.9 Å². The van der Waals surface area contributed by atoms with Crippen LogP contribution in [0.25, 0.3) is 0 Å². The minimum Gasteiger partial charge on any atom is -0.349 e. The molecule has 0 aromatic carbocycles. The molecule has 4 rings (SSSR count). The number of hydrogen-bond donors (Lipinski definition) is 2. The van der Waals surface area contributed by atoms with Crippen molar-refractivity contribution in [3.05, 3.63) is 33.2 Å². The number of rotatable bonds is 4. The maximum Gasteiger partial charge on any atom is 0.261 e. The number of aromatic amines is 1. The quantitative estimate of drug-likeness (QED) is 0.793. The van der Waals surface area contributed by atoms with Crippen LogP contribution in [0.2, 0.25) is 0 Å². The van der Waals surface area contributed by atoms with Crippen molar-refractivity contribution in [3.8, 4) is 0 Å². The van der Waals surface area contributed by atoms with Crippen LogP contribution in [-0.2, 0) is 6.42 Å². The van der Waals surface area contributed by atoms with Crippen molar-refractivity contribution in [3.63, 3.8) is 0 Å². The van der Waals surface area contributed by atoms with Crippen LogP contribution in [0.5, 0.6) is 0 Å². The lowest BCUT2D eigenvalue weighted by Gasteiger charge is -2.35. The minimum atomic E-state index is -0.397. The van der Waals surface area contributed by atoms with Crippen molar-refractivity contribution >= 4 is 11.7 Å². The lowest BCUT2D eigenvalue weighted by Crippen LogP contribution is -2.46. The van der Waals surface area contributed by atoms with Gasteiger partial charge in [-0.05, 0) is 49.5 Å². The zero-order valence-electron chi connectivity index (χ0n) is 18.4. The number of Topliss-reactive ketones (excluding diaryl/α,β-unsaturated/α-hetero) is 1. The van der Waals surface area contributed by atoms with Gasteiger partial charge in [0.15, 0.2) is 5.78 Å². The molecule has 164 valence electrons. The Kier molecular flexibility index (Phi) is 6.14. The molecule has 0 atom stereocenters. The lowest BCUT2D eigenvalue weighted by atomic mass is 9.75. The van der Waals surface area contributed by atoms with Crippen LogP contribution < -0.4 is 10.9 Å². The maximum atomic E-state index is 12.8. The number of aromatic nitrogens is 1. The third-order valence-electron chi connectivity index (χ3n) is 7.13. The summed E-state index contributed by atoms with van der Waals surface area (Å²) in [6.45, 7) is 7.22. The van der Waals surface area contributed by atoms with Crippen molar-refractivity contribution in [1.82, 2.24) is 15.2 Å². The first-order chi connectivity index (χ1) is 14.3. The third-order valence-corrected chi connectivity index (χ3v) is 7.13. The molecular weight excluding hydrogens is 378 g/mol. The smallest absolute Gasteiger partial charge is 0.261 e. The van der Waals surface area contributed by atoms with E-state index in [1.807, 2.05) is 13.8 Å². The number of likely N-dealkylation sites (tertiary alicyclic amines) is 1. The van der Waals surface area contributed by atoms with E-state index in [1.54, 1.807) is 0 Å². The Hall–Kier alpha value is -1.95. The molecule has 30 heavy (non-hydrogen) atoms. The zero-order chi connectivity index (χ0) is 21.3. The number of ketones is 1. The van der Waals surface area contributed by atoms with Crippen LogP contribution in [0.1, 0.15) is 91.6 Å². The highest BCUT2D eigenvalue weighted by molar-refractivity contribution is 6.02. The molecule has 6 nitrogen and oxygen atoms in total. The molecular formula is C24H35N3O3. The summed E-state index contributed by atoms with van der Waals surface area (Å²) in [6.07, 6.45) is 9.73. The van der Waals surface area contributed by atoms with E-state index in [2.05, 4.69) is 15.2 Å². The Morgan fingerprint density at radius 2 is 1.80 bits per heavy atom. The fraction of sp³-hybridized carbons (Fsp3) is 0.708. The fourth-order valence-corrected chi connectivity index (χ4v) is 5.45. The van der Waals surface area contributed by atoms with E-state index in [0.29, 0.717) is 24.1 Å². The summed E-state index contributed by atoms with van der Waals surface area (Å²) < 4.78 is 0. The summed E-state index contributed by atoms with van der Waals surface area (Å²) >= 11 is 0. The van der Waals surface area contributed by atoms with E-state index in [-0.39, 0.29) is 28.7 Å². The van der Waals surface area contributed by atoms with Crippen molar-refractivity contribution < 1.29 is 9.59 Å². The van der Waals surface area contributed by atoms with E-state index in [1.165, 1.54) is 44.7 Å². The number of carbonyl (C=O) groups excluding carboxylic acids is 2. The first-order valence-corrected chi connectivity index (χ1v) is 11.6. The number of hydrogen-bond acceptors (Lipinski definition) is 4. The summed E-state index contributed by atoms with van der Waals surface area (Å²) in [5.41, 5.74) is 0.663. The predicted molar refractivity (Wildman–Crippen MR) is 117 cm³/mol. The van der Waals surface area contributed by atoms with Gasteiger partial charge in [0, 0.05) is 43.4 Å². The molecule has 2 heterocycles. The molecule has 0 unspecified atom stereocenters. The van der Waals surface area contributed by atoms with E-state index in [0.717, 1.165) is 31.8 Å². The van der Waals surface area contributed by atoms with Crippen LogP contribution >= 0.6 is 0 Å². The van der Waals surface area contributed by atoms with Crippen LogP contribution in [0, 0.1) is 11.3 Å². The standard InChI is InChI=1S/C24H35N3O3/c1-24(2)13-20-18(21(28)14-24)12-19(23(30)26-20)22(29)25-17-8-10-27(11-9-17)15-16-6-4-3-5-7-16/h12,16-17H,3-11,13-15H2,1-2H3,(H,25,29)(H,26,30). The highest BCUT2D eigenvalue weighted by Gasteiger charge is 2.33. The van der Waals surface area contributed by atoms with Gasteiger partial charge in [0.25, 0.3) is 11.5 Å². The molecule has 0 bridgehead atoms. The number of amides is 1. The Bertz CT molecular complexity index is 859. The predicted octanol–water partition coefficient (Wildman–Crippen LogP) is 3.30. The summed E-state index contributed by atoms with van der Waals surface area (Å²) in [6, 6.07) is 1.60. The Morgan fingerprint density at radius 1 is 1.10 bits per heavy atom. The van der Waals surface area contributed by atoms with Gasteiger partial charge in [0.2, 0.25) is 0 Å². The van der Waals surface area contributed by atoms with Crippen molar-refractivity contribution in [2.75, 3.05) is 19.6 Å². The van der Waals surface area contributed by atoms with Gasteiger partial charge in [0.05, 0.1) is 0 Å². The van der Waals surface area contributed by atoms with Gasteiger partial charge >= 0.3 is 0 Å². The molecule has 6 heteroatoms. The average Bonchev–Trinajstić information content (AvgIpc) is 2.69. The molecule has 0 radical (unpaired) electrons. The highest BCUT2D eigenvalue weighted by Crippen LogP contribution is 2.33. The second-order valence-corrected chi connectivity index (χ2v) is 10.4. The van der Waals surface area contributed by atoms with E-state index >= 15 is 0 Å². The summed E-state index contributed by atoms with van der Waals surface area (Å²) in [4.78, 5) is 43.2. The van der Waals surface area contributed by atoms with Crippen molar-refractivity contribution in [1.29, 1.82) is 0 Å². The first kappa shape index (κ1) is 21.3. The number of nitrogens with zero attached hydrogens (tertiary/aromatic N) is 1. The van der Waals surface area contributed by atoms with Crippen LogP contribution in [0.4, 0.5) is 0 Å². The van der Waals surface area contributed by atoms with Gasteiger partial charge in [-0.2, -0.15) is 0 Å². The van der Waals surface area contributed by atoms with Crippen molar-refractivity contribution in [2.45, 2.75) is 77.7 Å². The number of pyridine rings is 1. The molecule has 0 spiro atoms. The van der Waals surface area contributed by atoms with Gasteiger partial charge in [-0.3, -0.25) is 14.4 Å².